The predicted molar refractivity (Wildman–Crippen MR) is 81.6 cm³/mol. The summed E-state index contributed by atoms with van der Waals surface area (Å²) in [6.45, 7) is 0. The molecule has 2 bridgehead atoms. The number of nitrogens with one attached hydrogen (secondary N) is 2. The minimum Gasteiger partial charge on any atom is -0.461 e. The monoisotopic (exact) mass is 303 g/mol. The first kappa shape index (κ1) is 13.2. The molecule has 2 aliphatic rings. The smallest absolute Gasteiger partial charge is 0.270 e. The summed E-state index contributed by atoms with van der Waals surface area (Å²) >= 11 is 1.49. The average molecular weight is 303 g/mol. The molecular formula is C15H17N3O2S. The third-order valence-electron chi connectivity index (χ3n) is 4.45. The Bertz CT molecular complexity index is 699. The summed E-state index contributed by atoms with van der Waals surface area (Å²) in [5.41, 5.74) is 1.22. The standard InChI is InChI=1S/C15H17N3O2S/c1-21-15-13-8(4-5-20-13)6-12(18-15)14(19)17-11-7-9-2-3-10(11)16-9/h4-6,9-11,16H,2-3,7H2,1H3,(H,17,19)/t9-,10+,11-/m1/s1. The van der Waals surface area contributed by atoms with Crippen LogP contribution in [0.4, 0.5) is 0 Å². The quantitative estimate of drug-likeness (QED) is 0.851. The molecule has 1 amide bonds. The van der Waals surface area contributed by atoms with Crippen LogP contribution in [0.1, 0.15) is 29.8 Å². The SMILES string of the molecule is CSc1nc(C(=O)N[C@@H]2C[C@H]3CC[C@@H]2N3)cc2ccoc12. The molecule has 2 aromatic heterocycles. The number of carbonyl (C=O) groups excluding carboxylic acids is 1. The van der Waals surface area contributed by atoms with Gasteiger partial charge in [0.1, 0.15) is 10.7 Å². The Hall–Kier alpha value is -1.53. The van der Waals surface area contributed by atoms with E-state index in [2.05, 4.69) is 15.6 Å². The minimum absolute atomic E-state index is 0.0900. The summed E-state index contributed by atoms with van der Waals surface area (Å²) < 4.78 is 5.42. The Kier molecular flexibility index (Phi) is 3.15. The molecule has 2 aliphatic heterocycles. The van der Waals surface area contributed by atoms with Crippen molar-refractivity contribution >= 4 is 28.6 Å². The van der Waals surface area contributed by atoms with E-state index in [9.17, 15) is 4.79 Å². The molecule has 0 saturated carbocycles. The first-order valence-electron chi connectivity index (χ1n) is 7.24. The molecule has 4 rings (SSSR count). The maximum atomic E-state index is 12.5. The molecule has 0 spiro atoms. The van der Waals surface area contributed by atoms with Crippen LogP contribution < -0.4 is 10.6 Å². The lowest BCUT2D eigenvalue weighted by atomic mass is 9.95. The van der Waals surface area contributed by atoms with E-state index in [1.807, 2.05) is 12.3 Å². The Labute approximate surface area is 126 Å². The molecule has 4 heterocycles. The van der Waals surface area contributed by atoms with Gasteiger partial charge < -0.3 is 15.1 Å². The van der Waals surface area contributed by atoms with Crippen LogP contribution in [0.2, 0.25) is 0 Å². The van der Waals surface area contributed by atoms with Crippen LogP contribution in [0, 0.1) is 0 Å². The van der Waals surface area contributed by atoms with Crippen molar-refractivity contribution in [3.05, 3.63) is 24.1 Å². The molecule has 5 nitrogen and oxygen atoms in total. The molecule has 2 fully saturated rings. The molecule has 0 aliphatic carbocycles. The number of amides is 1. The summed E-state index contributed by atoms with van der Waals surface area (Å²) in [4.78, 5) is 16.9. The summed E-state index contributed by atoms with van der Waals surface area (Å²) in [7, 11) is 0. The van der Waals surface area contributed by atoms with Gasteiger partial charge in [-0.1, -0.05) is 0 Å². The number of furan rings is 1. The molecule has 6 heteroatoms. The highest BCUT2D eigenvalue weighted by molar-refractivity contribution is 7.98. The van der Waals surface area contributed by atoms with Gasteiger partial charge in [0.15, 0.2) is 5.58 Å². The van der Waals surface area contributed by atoms with E-state index < -0.39 is 0 Å². The third kappa shape index (κ3) is 2.22. The van der Waals surface area contributed by atoms with Crippen molar-refractivity contribution in [3.8, 4) is 0 Å². The van der Waals surface area contributed by atoms with Gasteiger partial charge in [-0.15, -0.1) is 11.8 Å². The van der Waals surface area contributed by atoms with Gasteiger partial charge in [-0.05, 0) is 37.7 Å². The second-order valence-electron chi connectivity index (χ2n) is 5.72. The van der Waals surface area contributed by atoms with E-state index in [-0.39, 0.29) is 11.9 Å². The van der Waals surface area contributed by atoms with Crippen LogP contribution in [0.25, 0.3) is 11.0 Å². The molecule has 2 aromatic rings. The molecule has 0 radical (unpaired) electrons. The Morgan fingerprint density at radius 2 is 2.43 bits per heavy atom. The van der Waals surface area contributed by atoms with E-state index in [1.54, 1.807) is 12.3 Å². The Morgan fingerprint density at radius 3 is 3.14 bits per heavy atom. The van der Waals surface area contributed by atoms with Crippen molar-refractivity contribution in [2.75, 3.05) is 6.26 Å². The lowest BCUT2D eigenvalue weighted by Gasteiger charge is -2.21. The molecule has 0 aromatic carbocycles. The normalized spacial score (nSPS) is 27.4. The highest BCUT2D eigenvalue weighted by Gasteiger charge is 2.39. The van der Waals surface area contributed by atoms with Crippen LogP contribution in [0.15, 0.2) is 27.8 Å². The van der Waals surface area contributed by atoms with Crippen LogP contribution in [0.3, 0.4) is 0 Å². The van der Waals surface area contributed by atoms with E-state index >= 15 is 0 Å². The van der Waals surface area contributed by atoms with Gasteiger partial charge in [0.2, 0.25) is 0 Å². The minimum atomic E-state index is -0.0900. The fourth-order valence-electron chi connectivity index (χ4n) is 3.43. The fourth-order valence-corrected chi connectivity index (χ4v) is 3.97. The number of hydrogen-bond acceptors (Lipinski definition) is 5. The highest BCUT2D eigenvalue weighted by atomic mass is 32.2. The zero-order valence-corrected chi connectivity index (χ0v) is 12.6. The molecule has 110 valence electrons. The van der Waals surface area contributed by atoms with Crippen molar-refractivity contribution in [3.63, 3.8) is 0 Å². The molecule has 3 atom stereocenters. The van der Waals surface area contributed by atoms with E-state index in [4.69, 9.17) is 4.42 Å². The Morgan fingerprint density at radius 1 is 1.52 bits per heavy atom. The van der Waals surface area contributed by atoms with Gasteiger partial charge in [-0.25, -0.2) is 4.98 Å². The largest absolute Gasteiger partial charge is 0.461 e. The van der Waals surface area contributed by atoms with Gasteiger partial charge in [0.05, 0.1) is 6.26 Å². The molecular weight excluding hydrogens is 286 g/mol. The number of rotatable bonds is 3. The molecule has 0 unspecified atom stereocenters. The van der Waals surface area contributed by atoms with E-state index in [0.29, 0.717) is 17.8 Å². The number of hydrogen-bond donors (Lipinski definition) is 2. The first-order chi connectivity index (χ1) is 10.2. The predicted octanol–water partition coefficient (Wildman–Crippen LogP) is 2.17. The fraction of sp³-hybridized carbons (Fsp3) is 0.467. The lowest BCUT2D eigenvalue weighted by molar-refractivity contribution is 0.0925. The maximum Gasteiger partial charge on any atom is 0.270 e. The van der Waals surface area contributed by atoms with Crippen molar-refractivity contribution < 1.29 is 9.21 Å². The first-order valence-corrected chi connectivity index (χ1v) is 8.46. The number of thioether (sulfide) groups is 1. The van der Waals surface area contributed by atoms with Gasteiger partial charge in [0.25, 0.3) is 5.91 Å². The second-order valence-corrected chi connectivity index (χ2v) is 6.51. The number of aromatic nitrogens is 1. The molecule has 21 heavy (non-hydrogen) atoms. The summed E-state index contributed by atoms with van der Waals surface area (Å²) in [5, 5.41) is 8.34. The van der Waals surface area contributed by atoms with Crippen molar-refractivity contribution in [2.45, 2.75) is 42.4 Å². The van der Waals surface area contributed by atoms with E-state index in [0.717, 1.165) is 28.8 Å². The third-order valence-corrected chi connectivity index (χ3v) is 5.11. The second kappa shape index (κ2) is 5.03. The molecule has 2 N–H and O–H groups in total. The summed E-state index contributed by atoms with van der Waals surface area (Å²) in [6.07, 6.45) is 6.98. The highest BCUT2D eigenvalue weighted by Crippen LogP contribution is 2.29. The number of nitrogens with zero attached hydrogens (tertiary/aromatic N) is 1. The van der Waals surface area contributed by atoms with Gasteiger partial charge >= 0.3 is 0 Å². The molecule has 2 saturated heterocycles. The van der Waals surface area contributed by atoms with Gasteiger partial charge in [-0.3, -0.25) is 4.79 Å². The number of carbonyl (C=O) groups is 1. The lowest BCUT2D eigenvalue weighted by Crippen LogP contribution is -2.43. The van der Waals surface area contributed by atoms with Crippen molar-refractivity contribution in [2.24, 2.45) is 0 Å². The number of pyridine rings is 1. The Balaban J connectivity index is 1.59. The zero-order valence-electron chi connectivity index (χ0n) is 11.8. The van der Waals surface area contributed by atoms with E-state index in [1.165, 1.54) is 18.2 Å². The summed E-state index contributed by atoms with van der Waals surface area (Å²) in [6, 6.07) is 4.90. The van der Waals surface area contributed by atoms with Gasteiger partial charge in [-0.2, -0.15) is 0 Å². The van der Waals surface area contributed by atoms with Crippen LogP contribution in [0.5, 0.6) is 0 Å². The average Bonchev–Trinajstić information content (AvgIpc) is 3.21. The topological polar surface area (TPSA) is 67.2 Å². The number of fused-ring (bicyclic) bond motifs is 3. The van der Waals surface area contributed by atoms with Crippen LogP contribution in [-0.4, -0.2) is 35.3 Å². The zero-order chi connectivity index (χ0) is 14.4. The van der Waals surface area contributed by atoms with Crippen molar-refractivity contribution in [1.82, 2.24) is 15.6 Å². The van der Waals surface area contributed by atoms with Crippen molar-refractivity contribution in [1.29, 1.82) is 0 Å². The van der Waals surface area contributed by atoms with Gasteiger partial charge in [0, 0.05) is 23.5 Å². The summed E-state index contributed by atoms with van der Waals surface area (Å²) in [5.74, 6) is -0.0900. The van der Waals surface area contributed by atoms with Crippen LogP contribution in [-0.2, 0) is 0 Å². The maximum absolute atomic E-state index is 12.5. The van der Waals surface area contributed by atoms with Crippen LogP contribution >= 0.6 is 11.8 Å².